The lowest BCUT2D eigenvalue weighted by atomic mass is 10.0. The van der Waals surface area contributed by atoms with Crippen molar-refractivity contribution >= 4 is 23.4 Å². The Morgan fingerprint density at radius 3 is 2.72 bits per heavy atom. The number of anilines is 1. The van der Waals surface area contributed by atoms with Crippen molar-refractivity contribution in [2.45, 2.75) is 29.8 Å². The molecule has 0 aliphatic carbocycles. The van der Waals surface area contributed by atoms with Crippen LogP contribution in [0.25, 0.3) is 0 Å². The fraction of sp³-hybridized carbons (Fsp3) is 0.250. The first-order valence-electron chi connectivity index (χ1n) is 9.17. The standard InChI is InChI=1S/C20H20FN5O2S/c1-3-16-23-24-20-26(16)25-17(12-8-10-13(21)11-9-12)18(29-20)19(27)22-14-6-4-5-7-15(14)28-2/h4-11,17-18,25H,3H2,1-2H3,(H,22,27)/t17-,18+/m0/s1. The molecule has 1 amide bonds. The van der Waals surface area contributed by atoms with Crippen LogP contribution in [0.4, 0.5) is 10.1 Å². The Bertz CT molecular complexity index is 1020. The Morgan fingerprint density at radius 1 is 1.24 bits per heavy atom. The summed E-state index contributed by atoms with van der Waals surface area (Å²) in [5, 5.41) is 11.4. The van der Waals surface area contributed by atoms with E-state index >= 15 is 0 Å². The first-order valence-corrected chi connectivity index (χ1v) is 10.1. The van der Waals surface area contributed by atoms with Gasteiger partial charge in [0.25, 0.3) is 0 Å². The molecule has 2 atom stereocenters. The average Bonchev–Trinajstić information content (AvgIpc) is 3.16. The number of nitrogens with one attached hydrogen (secondary N) is 2. The molecule has 0 saturated heterocycles. The number of amides is 1. The highest BCUT2D eigenvalue weighted by atomic mass is 32.2. The van der Waals surface area contributed by atoms with Crippen LogP contribution >= 0.6 is 11.8 Å². The molecule has 2 aromatic carbocycles. The number of halogens is 1. The summed E-state index contributed by atoms with van der Waals surface area (Å²) in [4.78, 5) is 13.2. The number of ether oxygens (including phenoxy) is 1. The van der Waals surface area contributed by atoms with Crippen LogP contribution < -0.4 is 15.5 Å². The van der Waals surface area contributed by atoms with Gasteiger partial charge in [-0.25, -0.2) is 9.07 Å². The summed E-state index contributed by atoms with van der Waals surface area (Å²) in [6.45, 7) is 1.98. The number of fused-ring (bicyclic) bond motifs is 1. The number of thioether (sulfide) groups is 1. The smallest absolute Gasteiger partial charge is 0.240 e. The van der Waals surface area contributed by atoms with Crippen molar-refractivity contribution < 1.29 is 13.9 Å². The van der Waals surface area contributed by atoms with E-state index in [-0.39, 0.29) is 11.7 Å². The van der Waals surface area contributed by atoms with Crippen molar-refractivity contribution in [1.29, 1.82) is 0 Å². The van der Waals surface area contributed by atoms with Crippen molar-refractivity contribution in [3.63, 3.8) is 0 Å². The molecule has 2 N–H and O–H groups in total. The third kappa shape index (κ3) is 3.77. The first-order chi connectivity index (χ1) is 14.1. The van der Waals surface area contributed by atoms with Crippen LogP contribution in [0.3, 0.4) is 0 Å². The Kier molecular flexibility index (Phi) is 5.39. The summed E-state index contributed by atoms with van der Waals surface area (Å²) in [7, 11) is 1.55. The van der Waals surface area contributed by atoms with Crippen LogP contribution in [0.15, 0.2) is 53.7 Å². The summed E-state index contributed by atoms with van der Waals surface area (Å²) in [5.41, 5.74) is 4.71. The number of benzene rings is 2. The van der Waals surface area contributed by atoms with Gasteiger partial charge in [0.2, 0.25) is 11.1 Å². The predicted octanol–water partition coefficient (Wildman–Crippen LogP) is 3.39. The maximum atomic E-state index is 13.4. The van der Waals surface area contributed by atoms with E-state index in [0.29, 0.717) is 23.0 Å². The fourth-order valence-corrected chi connectivity index (χ4v) is 4.30. The van der Waals surface area contributed by atoms with Crippen LogP contribution in [0.2, 0.25) is 0 Å². The normalized spacial score (nSPS) is 17.9. The summed E-state index contributed by atoms with van der Waals surface area (Å²) in [5.74, 6) is 0.799. The molecular weight excluding hydrogens is 393 g/mol. The SMILES string of the molecule is CCc1nnc2n1N[C@@H](c1ccc(F)cc1)[C@H](C(=O)Nc1ccccc1OC)S2. The molecule has 2 heterocycles. The summed E-state index contributed by atoms with van der Waals surface area (Å²) in [6.07, 6.45) is 0.689. The van der Waals surface area contributed by atoms with Gasteiger partial charge in [-0.3, -0.25) is 4.79 Å². The van der Waals surface area contributed by atoms with Crippen LogP contribution in [0.1, 0.15) is 24.4 Å². The third-order valence-corrected chi connectivity index (χ3v) is 5.89. The molecule has 0 spiro atoms. The van der Waals surface area contributed by atoms with Gasteiger partial charge < -0.3 is 15.5 Å². The number of nitrogens with zero attached hydrogens (tertiary/aromatic N) is 3. The number of aromatic nitrogens is 3. The van der Waals surface area contributed by atoms with Gasteiger partial charge in [0.15, 0.2) is 5.82 Å². The van der Waals surface area contributed by atoms with E-state index in [1.165, 1.54) is 23.9 Å². The molecule has 0 bridgehead atoms. The second-order valence-corrected chi connectivity index (χ2v) is 7.58. The predicted molar refractivity (Wildman–Crippen MR) is 109 cm³/mol. The van der Waals surface area contributed by atoms with E-state index in [1.54, 1.807) is 36.1 Å². The highest BCUT2D eigenvalue weighted by Gasteiger charge is 2.37. The number of para-hydroxylation sites is 2. The number of carbonyl (C=O) groups excluding carboxylic acids is 1. The second-order valence-electron chi connectivity index (χ2n) is 6.47. The topological polar surface area (TPSA) is 81.1 Å². The Labute approximate surface area is 171 Å². The van der Waals surface area contributed by atoms with Gasteiger partial charge in [0.1, 0.15) is 16.8 Å². The summed E-state index contributed by atoms with van der Waals surface area (Å²) >= 11 is 1.32. The minimum atomic E-state index is -0.549. The van der Waals surface area contributed by atoms with Crippen LogP contribution in [0.5, 0.6) is 5.75 Å². The average molecular weight is 413 g/mol. The van der Waals surface area contributed by atoms with Gasteiger partial charge in [0, 0.05) is 6.42 Å². The number of rotatable bonds is 5. The molecular formula is C20H20FN5O2S. The molecule has 3 aromatic rings. The highest BCUT2D eigenvalue weighted by Crippen LogP contribution is 2.38. The largest absolute Gasteiger partial charge is 0.495 e. The molecule has 150 valence electrons. The van der Waals surface area contributed by atoms with Crippen molar-refractivity contribution in [3.8, 4) is 5.75 Å². The van der Waals surface area contributed by atoms with Gasteiger partial charge in [-0.1, -0.05) is 43.0 Å². The zero-order valence-electron chi connectivity index (χ0n) is 15.9. The molecule has 0 saturated carbocycles. The molecule has 0 fully saturated rings. The lowest BCUT2D eigenvalue weighted by molar-refractivity contribution is -0.116. The highest BCUT2D eigenvalue weighted by molar-refractivity contribution is 8.00. The summed E-state index contributed by atoms with van der Waals surface area (Å²) in [6, 6.07) is 13.0. The lowest BCUT2D eigenvalue weighted by Gasteiger charge is -2.33. The van der Waals surface area contributed by atoms with Crippen LogP contribution in [0, 0.1) is 5.82 Å². The van der Waals surface area contributed by atoms with E-state index in [4.69, 9.17) is 4.74 Å². The molecule has 4 rings (SSSR count). The van der Waals surface area contributed by atoms with Crippen LogP contribution in [-0.2, 0) is 11.2 Å². The number of hydrogen-bond donors (Lipinski definition) is 2. The minimum absolute atomic E-state index is 0.214. The minimum Gasteiger partial charge on any atom is -0.495 e. The van der Waals surface area contributed by atoms with E-state index in [9.17, 15) is 9.18 Å². The molecule has 1 aromatic heterocycles. The van der Waals surface area contributed by atoms with Crippen molar-refractivity contribution in [1.82, 2.24) is 14.9 Å². The summed E-state index contributed by atoms with van der Waals surface area (Å²) < 4.78 is 20.6. The maximum absolute atomic E-state index is 13.4. The molecule has 0 radical (unpaired) electrons. The second kappa shape index (κ2) is 8.12. The maximum Gasteiger partial charge on any atom is 0.240 e. The van der Waals surface area contributed by atoms with Gasteiger partial charge in [0.05, 0.1) is 18.8 Å². The molecule has 9 heteroatoms. The number of carbonyl (C=O) groups is 1. The van der Waals surface area contributed by atoms with Gasteiger partial charge in [-0.2, -0.15) is 0 Å². The molecule has 0 unspecified atom stereocenters. The van der Waals surface area contributed by atoms with Gasteiger partial charge in [-0.15, -0.1) is 10.2 Å². The fourth-order valence-electron chi connectivity index (χ4n) is 3.20. The van der Waals surface area contributed by atoms with E-state index in [2.05, 4.69) is 20.9 Å². The van der Waals surface area contributed by atoms with E-state index in [1.807, 2.05) is 19.1 Å². The molecule has 7 nitrogen and oxygen atoms in total. The zero-order chi connectivity index (χ0) is 20.4. The Balaban J connectivity index is 1.68. The van der Waals surface area contributed by atoms with Crippen molar-refractivity contribution in [3.05, 3.63) is 65.7 Å². The molecule has 29 heavy (non-hydrogen) atoms. The first kappa shape index (κ1) is 19.3. The monoisotopic (exact) mass is 413 g/mol. The van der Waals surface area contributed by atoms with Crippen molar-refractivity contribution in [2.75, 3.05) is 17.9 Å². The third-order valence-electron chi connectivity index (χ3n) is 4.67. The van der Waals surface area contributed by atoms with E-state index in [0.717, 1.165) is 11.4 Å². The number of aryl methyl sites for hydroxylation is 1. The van der Waals surface area contributed by atoms with E-state index < -0.39 is 11.3 Å². The van der Waals surface area contributed by atoms with Gasteiger partial charge >= 0.3 is 0 Å². The Hall–Kier alpha value is -3.07. The zero-order valence-corrected chi connectivity index (χ0v) is 16.7. The molecule has 1 aliphatic rings. The van der Waals surface area contributed by atoms with Crippen LogP contribution in [-0.4, -0.2) is 33.1 Å². The lowest BCUT2D eigenvalue weighted by Crippen LogP contribution is -2.41. The Morgan fingerprint density at radius 2 is 2.00 bits per heavy atom. The number of methoxy groups -OCH3 is 1. The van der Waals surface area contributed by atoms with Crippen molar-refractivity contribution in [2.24, 2.45) is 0 Å². The number of hydrogen-bond acceptors (Lipinski definition) is 6. The quantitative estimate of drug-likeness (QED) is 0.667. The molecule has 1 aliphatic heterocycles. The van der Waals surface area contributed by atoms with Gasteiger partial charge in [-0.05, 0) is 29.8 Å².